The minimum absolute atomic E-state index is 0.0371. The van der Waals surface area contributed by atoms with Crippen molar-refractivity contribution in [1.29, 1.82) is 0 Å². The number of carbonyl (C=O) groups is 2. The first-order valence-corrected chi connectivity index (χ1v) is 5.55. The van der Waals surface area contributed by atoms with Crippen LogP contribution in [0.3, 0.4) is 0 Å². The fraction of sp³-hybridized carbons (Fsp3) is 0.231. The molecule has 0 saturated heterocycles. The standard InChI is InChI=1S/C13H16N2O3/c1-14-11(13(17)18)9-15-12(16)10-7-5-3-2-4-6-8-10/h2-8,11,14H,9H2,1H3,(H,15,16)(H,17,18)/b3-2-,4-2?,5-3?,6-4-,7-5?,8-6?,10-7?,10-8?. The summed E-state index contributed by atoms with van der Waals surface area (Å²) in [6.07, 6.45) is 12.3. The molecule has 0 heterocycles. The number of carbonyl (C=O) groups excluding carboxylic acids is 1. The molecule has 1 rings (SSSR count). The summed E-state index contributed by atoms with van der Waals surface area (Å²) in [6, 6.07) is -0.789. The predicted molar refractivity (Wildman–Crippen MR) is 69.0 cm³/mol. The van der Waals surface area contributed by atoms with Gasteiger partial charge in [-0.1, -0.05) is 30.4 Å². The maximum Gasteiger partial charge on any atom is 0.322 e. The summed E-state index contributed by atoms with van der Waals surface area (Å²) in [6.45, 7) is 0.0371. The fourth-order valence-corrected chi connectivity index (χ4v) is 1.33. The smallest absolute Gasteiger partial charge is 0.322 e. The number of amides is 1. The van der Waals surface area contributed by atoms with Crippen molar-refractivity contribution in [2.45, 2.75) is 6.04 Å². The van der Waals surface area contributed by atoms with Gasteiger partial charge in [0.2, 0.25) is 0 Å². The summed E-state index contributed by atoms with van der Waals surface area (Å²) in [5.74, 6) is -1.30. The molecule has 0 aromatic heterocycles. The highest BCUT2D eigenvalue weighted by atomic mass is 16.4. The number of likely N-dealkylation sites (N-methyl/N-ethyl adjacent to an activating group) is 1. The average Bonchev–Trinajstić information content (AvgIpc) is 2.28. The van der Waals surface area contributed by atoms with Crippen LogP contribution < -0.4 is 10.6 Å². The minimum atomic E-state index is -0.997. The van der Waals surface area contributed by atoms with E-state index < -0.39 is 12.0 Å². The van der Waals surface area contributed by atoms with Crippen molar-refractivity contribution in [2.24, 2.45) is 0 Å². The molecule has 0 bridgehead atoms. The van der Waals surface area contributed by atoms with Crippen LogP contribution >= 0.6 is 0 Å². The average molecular weight is 248 g/mol. The van der Waals surface area contributed by atoms with Crippen molar-refractivity contribution in [3.8, 4) is 0 Å². The van der Waals surface area contributed by atoms with Crippen LogP contribution in [0.1, 0.15) is 0 Å². The number of allylic oxidation sites excluding steroid dienone is 6. The third kappa shape index (κ3) is 4.39. The van der Waals surface area contributed by atoms with Gasteiger partial charge in [0.15, 0.2) is 0 Å². The van der Waals surface area contributed by atoms with Crippen molar-refractivity contribution in [3.05, 3.63) is 48.1 Å². The Hall–Kier alpha value is -2.14. The second-order valence-corrected chi connectivity index (χ2v) is 3.64. The minimum Gasteiger partial charge on any atom is -0.480 e. The van der Waals surface area contributed by atoms with Gasteiger partial charge in [-0.2, -0.15) is 0 Å². The van der Waals surface area contributed by atoms with Gasteiger partial charge in [0.1, 0.15) is 6.04 Å². The van der Waals surface area contributed by atoms with Gasteiger partial charge < -0.3 is 15.7 Å². The van der Waals surface area contributed by atoms with Gasteiger partial charge in [0.25, 0.3) is 5.91 Å². The Balaban J connectivity index is 2.57. The molecule has 1 unspecified atom stereocenters. The van der Waals surface area contributed by atoms with Crippen LogP contribution in [0.2, 0.25) is 0 Å². The number of nitrogens with one attached hydrogen (secondary N) is 2. The highest BCUT2D eigenvalue weighted by molar-refractivity contribution is 5.96. The molecule has 1 aliphatic carbocycles. The molecule has 3 N–H and O–H groups in total. The van der Waals surface area contributed by atoms with E-state index in [0.29, 0.717) is 5.57 Å². The zero-order chi connectivity index (χ0) is 13.4. The monoisotopic (exact) mass is 248 g/mol. The Labute approximate surface area is 106 Å². The Kier molecular flexibility index (Phi) is 5.60. The Morgan fingerprint density at radius 1 is 1.22 bits per heavy atom. The number of carboxylic acids is 1. The third-order valence-corrected chi connectivity index (χ3v) is 2.37. The normalized spacial score (nSPS) is 19.1. The predicted octanol–water partition coefficient (Wildman–Crippen LogP) is 0.384. The van der Waals surface area contributed by atoms with E-state index >= 15 is 0 Å². The van der Waals surface area contributed by atoms with Crippen molar-refractivity contribution in [3.63, 3.8) is 0 Å². The maximum atomic E-state index is 11.8. The molecular formula is C13H16N2O3. The SMILES string of the molecule is CNC(CNC(=O)C1=C/C=C\C=C/C=C1)C(=O)O. The van der Waals surface area contributed by atoms with E-state index in [1.807, 2.05) is 18.2 Å². The molecule has 0 spiro atoms. The first kappa shape index (κ1) is 13.9. The van der Waals surface area contributed by atoms with Crippen molar-refractivity contribution in [2.75, 3.05) is 13.6 Å². The fourth-order valence-electron chi connectivity index (χ4n) is 1.33. The van der Waals surface area contributed by atoms with E-state index in [1.165, 1.54) is 7.05 Å². The molecule has 0 aliphatic heterocycles. The van der Waals surface area contributed by atoms with Gasteiger partial charge in [0.05, 0.1) is 0 Å². The van der Waals surface area contributed by atoms with Crippen LogP contribution in [0.15, 0.2) is 48.1 Å². The van der Waals surface area contributed by atoms with Crippen LogP contribution in [-0.4, -0.2) is 36.6 Å². The van der Waals surface area contributed by atoms with Crippen LogP contribution in [0.5, 0.6) is 0 Å². The molecule has 5 nitrogen and oxygen atoms in total. The van der Waals surface area contributed by atoms with Gasteiger partial charge in [0, 0.05) is 12.1 Å². The van der Waals surface area contributed by atoms with E-state index in [1.54, 1.807) is 24.3 Å². The van der Waals surface area contributed by atoms with Crippen LogP contribution in [0.4, 0.5) is 0 Å². The lowest BCUT2D eigenvalue weighted by Gasteiger charge is -2.12. The van der Waals surface area contributed by atoms with Gasteiger partial charge in [-0.25, -0.2) is 0 Å². The topological polar surface area (TPSA) is 78.4 Å². The summed E-state index contributed by atoms with van der Waals surface area (Å²) in [7, 11) is 1.54. The second kappa shape index (κ2) is 7.24. The highest BCUT2D eigenvalue weighted by Crippen LogP contribution is 2.01. The maximum absolute atomic E-state index is 11.8. The van der Waals surface area contributed by atoms with Gasteiger partial charge in [-0.05, 0) is 19.2 Å². The molecule has 18 heavy (non-hydrogen) atoms. The molecule has 0 radical (unpaired) electrons. The van der Waals surface area contributed by atoms with E-state index in [4.69, 9.17) is 5.11 Å². The lowest BCUT2D eigenvalue weighted by molar-refractivity contribution is -0.139. The number of aliphatic carboxylic acids is 1. The summed E-state index contributed by atoms with van der Waals surface area (Å²) < 4.78 is 0. The quantitative estimate of drug-likeness (QED) is 0.657. The summed E-state index contributed by atoms with van der Waals surface area (Å²) in [4.78, 5) is 22.6. The number of hydrogen-bond donors (Lipinski definition) is 3. The van der Waals surface area contributed by atoms with E-state index in [9.17, 15) is 9.59 Å². The second-order valence-electron chi connectivity index (χ2n) is 3.64. The molecule has 5 heteroatoms. The molecule has 1 amide bonds. The van der Waals surface area contributed by atoms with E-state index in [2.05, 4.69) is 10.6 Å². The number of carboxylic acid groups (broad SMARTS) is 1. The van der Waals surface area contributed by atoms with Crippen LogP contribution in [0.25, 0.3) is 0 Å². The molecule has 0 saturated carbocycles. The molecule has 0 fully saturated rings. The van der Waals surface area contributed by atoms with Gasteiger partial charge in [-0.3, -0.25) is 9.59 Å². The molecule has 1 atom stereocenters. The van der Waals surface area contributed by atoms with Gasteiger partial charge >= 0.3 is 5.97 Å². The van der Waals surface area contributed by atoms with Crippen LogP contribution in [0, 0.1) is 0 Å². The summed E-state index contributed by atoms with van der Waals surface area (Å²) >= 11 is 0. The van der Waals surface area contributed by atoms with Crippen LogP contribution in [-0.2, 0) is 9.59 Å². The summed E-state index contributed by atoms with van der Waals surface area (Å²) in [5, 5.41) is 14.0. The molecule has 96 valence electrons. The van der Waals surface area contributed by atoms with Gasteiger partial charge in [-0.15, -0.1) is 0 Å². The molecule has 0 aromatic rings. The Bertz CT molecular complexity index is 434. The number of rotatable bonds is 5. The molecule has 1 aliphatic rings. The lowest BCUT2D eigenvalue weighted by Crippen LogP contribution is -2.44. The van der Waals surface area contributed by atoms with E-state index in [0.717, 1.165) is 0 Å². The third-order valence-electron chi connectivity index (χ3n) is 2.37. The largest absolute Gasteiger partial charge is 0.480 e. The Morgan fingerprint density at radius 3 is 2.56 bits per heavy atom. The lowest BCUT2D eigenvalue weighted by atomic mass is 10.1. The molecule has 0 aromatic carbocycles. The zero-order valence-corrected chi connectivity index (χ0v) is 10.1. The Morgan fingerprint density at radius 2 is 1.89 bits per heavy atom. The zero-order valence-electron chi connectivity index (χ0n) is 10.1. The van der Waals surface area contributed by atoms with Crippen molar-refractivity contribution >= 4 is 11.9 Å². The molecular weight excluding hydrogens is 232 g/mol. The van der Waals surface area contributed by atoms with Crippen molar-refractivity contribution < 1.29 is 14.7 Å². The van der Waals surface area contributed by atoms with Crippen molar-refractivity contribution in [1.82, 2.24) is 10.6 Å². The first-order valence-electron chi connectivity index (χ1n) is 5.55. The number of hydrogen-bond acceptors (Lipinski definition) is 3. The first-order chi connectivity index (χ1) is 8.65. The summed E-state index contributed by atoms with van der Waals surface area (Å²) in [5.41, 5.74) is 0.482. The highest BCUT2D eigenvalue weighted by Gasteiger charge is 2.16. The van der Waals surface area contributed by atoms with E-state index in [-0.39, 0.29) is 12.5 Å².